The van der Waals surface area contributed by atoms with Crippen LogP contribution in [0.25, 0.3) is 0 Å². The molecule has 1 aromatic heterocycles. The lowest BCUT2D eigenvalue weighted by Crippen LogP contribution is -2.13. The van der Waals surface area contributed by atoms with Crippen molar-refractivity contribution >= 4 is 17.4 Å². The third-order valence-corrected chi connectivity index (χ3v) is 2.90. The zero-order valence-electron chi connectivity index (χ0n) is 10.7. The van der Waals surface area contributed by atoms with Crippen LogP contribution in [0.4, 0.5) is 0 Å². The molecule has 0 spiro atoms. The highest BCUT2D eigenvalue weighted by molar-refractivity contribution is 6.32. The van der Waals surface area contributed by atoms with Crippen molar-refractivity contribution in [3.05, 3.63) is 52.2 Å². The molecule has 0 aliphatic carbocycles. The molecule has 3 N–H and O–H groups in total. The van der Waals surface area contributed by atoms with Gasteiger partial charge >= 0.3 is 0 Å². The number of rotatable bonds is 3. The molecule has 0 aliphatic heterocycles. The molecule has 2 aromatic rings. The molecule has 1 heterocycles. The number of nitrogen functional groups attached to an aromatic ring is 1. The van der Waals surface area contributed by atoms with Crippen LogP contribution in [-0.4, -0.2) is 10.8 Å². The van der Waals surface area contributed by atoms with Gasteiger partial charge in [-0.15, -0.1) is 0 Å². The van der Waals surface area contributed by atoms with E-state index in [-0.39, 0.29) is 5.84 Å². The minimum absolute atomic E-state index is 0.0914. The Hall–Kier alpha value is -2.07. The van der Waals surface area contributed by atoms with E-state index < -0.39 is 0 Å². The topological polar surface area (TPSA) is 72.0 Å². The van der Waals surface area contributed by atoms with Gasteiger partial charge in [0.1, 0.15) is 11.6 Å². The summed E-state index contributed by atoms with van der Waals surface area (Å²) in [6.07, 6.45) is 0. The van der Waals surface area contributed by atoms with E-state index in [1.165, 1.54) is 0 Å². The number of nitrogens with zero attached hydrogens (tertiary/aromatic N) is 1. The molecule has 0 unspecified atom stereocenters. The Morgan fingerprint density at radius 2 is 2.00 bits per heavy atom. The average Bonchev–Trinajstić information content (AvgIpc) is 2.33. The fourth-order valence-corrected chi connectivity index (χ4v) is 1.76. The maximum atomic E-state index is 7.53. The van der Waals surface area contributed by atoms with Crippen LogP contribution in [-0.2, 0) is 0 Å². The number of amidine groups is 1. The highest BCUT2D eigenvalue weighted by atomic mass is 35.5. The van der Waals surface area contributed by atoms with Crippen LogP contribution >= 0.6 is 11.6 Å². The average molecular weight is 276 g/mol. The number of nitrogens with two attached hydrogens (primary N) is 1. The maximum absolute atomic E-state index is 7.53. The second-order valence-electron chi connectivity index (χ2n) is 4.25. The summed E-state index contributed by atoms with van der Waals surface area (Å²) in [4.78, 5) is 4.26. The Balaban J connectivity index is 2.45. The first kappa shape index (κ1) is 13.4. The zero-order valence-corrected chi connectivity index (χ0v) is 11.5. The number of hydrogen-bond acceptors (Lipinski definition) is 3. The van der Waals surface area contributed by atoms with Gasteiger partial charge in [0.25, 0.3) is 0 Å². The summed E-state index contributed by atoms with van der Waals surface area (Å²) in [5.41, 5.74) is 7.77. The van der Waals surface area contributed by atoms with Gasteiger partial charge in [0.2, 0.25) is 5.88 Å². The first-order valence-electron chi connectivity index (χ1n) is 5.73. The molecule has 0 atom stereocenters. The first-order chi connectivity index (χ1) is 8.97. The summed E-state index contributed by atoms with van der Waals surface area (Å²) in [6, 6.07) is 8.96. The number of halogens is 1. The largest absolute Gasteiger partial charge is 0.437 e. The van der Waals surface area contributed by atoms with Crippen LogP contribution < -0.4 is 10.5 Å². The molecule has 0 saturated carbocycles. The molecule has 0 aliphatic rings. The SMILES string of the molecule is Cc1ccc(Cl)c(Oc2nc(C)ccc2C(=N)N)c1. The summed E-state index contributed by atoms with van der Waals surface area (Å²) in [7, 11) is 0. The molecular weight excluding hydrogens is 262 g/mol. The summed E-state index contributed by atoms with van der Waals surface area (Å²) >= 11 is 6.08. The van der Waals surface area contributed by atoms with Crippen molar-refractivity contribution in [3.63, 3.8) is 0 Å². The molecule has 2 rings (SSSR count). The number of ether oxygens (including phenoxy) is 1. The highest BCUT2D eigenvalue weighted by Crippen LogP contribution is 2.30. The molecular formula is C14H14ClN3O. The van der Waals surface area contributed by atoms with Crippen LogP contribution in [0, 0.1) is 19.3 Å². The number of nitrogens with one attached hydrogen (secondary N) is 1. The Morgan fingerprint density at radius 3 is 2.68 bits per heavy atom. The van der Waals surface area contributed by atoms with Gasteiger partial charge in [-0.05, 0) is 43.7 Å². The van der Waals surface area contributed by atoms with Crippen LogP contribution in [0.2, 0.25) is 5.02 Å². The van der Waals surface area contributed by atoms with Crippen LogP contribution in [0.5, 0.6) is 11.6 Å². The van der Waals surface area contributed by atoms with E-state index in [2.05, 4.69) is 4.98 Å². The Bertz CT molecular complexity index is 641. The fourth-order valence-electron chi connectivity index (χ4n) is 1.61. The maximum Gasteiger partial charge on any atom is 0.230 e. The van der Waals surface area contributed by atoms with Crippen molar-refractivity contribution in [1.29, 1.82) is 5.41 Å². The van der Waals surface area contributed by atoms with Gasteiger partial charge in [-0.2, -0.15) is 0 Å². The van der Waals surface area contributed by atoms with Gasteiger partial charge in [-0.1, -0.05) is 17.7 Å². The van der Waals surface area contributed by atoms with Gasteiger partial charge in [-0.3, -0.25) is 5.41 Å². The summed E-state index contributed by atoms with van der Waals surface area (Å²) in [5, 5.41) is 8.02. The second kappa shape index (κ2) is 5.28. The first-order valence-corrected chi connectivity index (χ1v) is 6.11. The molecule has 5 heteroatoms. The standard InChI is InChI=1S/C14H14ClN3O/c1-8-3-6-11(15)12(7-8)19-14-10(13(16)17)5-4-9(2)18-14/h3-7H,1-2H3,(H3,16,17). The Labute approximate surface area is 116 Å². The zero-order chi connectivity index (χ0) is 14.0. The normalized spacial score (nSPS) is 10.3. The molecule has 98 valence electrons. The van der Waals surface area contributed by atoms with Crippen LogP contribution in [0.1, 0.15) is 16.8 Å². The molecule has 0 amide bonds. The Kier molecular flexibility index (Phi) is 3.71. The van der Waals surface area contributed by atoms with Gasteiger partial charge in [-0.25, -0.2) is 4.98 Å². The molecule has 19 heavy (non-hydrogen) atoms. The van der Waals surface area contributed by atoms with Gasteiger partial charge in [0, 0.05) is 5.69 Å². The predicted molar refractivity (Wildman–Crippen MR) is 76.3 cm³/mol. The number of hydrogen-bond donors (Lipinski definition) is 2. The smallest absolute Gasteiger partial charge is 0.230 e. The van der Waals surface area contributed by atoms with Crippen LogP contribution in [0.3, 0.4) is 0 Å². The van der Waals surface area contributed by atoms with E-state index in [1.807, 2.05) is 26.0 Å². The molecule has 0 fully saturated rings. The van der Waals surface area contributed by atoms with E-state index in [1.54, 1.807) is 18.2 Å². The van der Waals surface area contributed by atoms with Gasteiger partial charge in [0.05, 0.1) is 10.6 Å². The monoisotopic (exact) mass is 275 g/mol. The molecule has 1 aromatic carbocycles. The van der Waals surface area contributed by atoms with Crippen molar-refractivity contribution in [2.24, 2.45) is 5.73 Å². The third kappa shape index (κ3) is 3.03. The highest BCUT2D eigenvalue weighted by Gasteiger charge is 2.12. The van der Waals surface area contributed by atoms with Crippen LogP contribution in [0.15, 0.2) is 30.3 Å². The second-order valence-corrected chi connectivity index (χ2v) is 4.66. The van der Waals surface area contributed by atoms with Crippen molar-refractivity contribution < 1.29 is 4.74 Å². The van der Waals surface area contributed by atoms with Crippen molar-refractivity contribution in [2.75, 3.05) is 0 Å². The molecule has 0 radical (unpaired) electrons. The minimum atomic E-state index is -0.0914. The Morgan fingerprint density at radius 1 is 1.26 bits per heavy atom. The van der Waals surface area contributed by atoms with Gasteiger partial charge < -0.3 is 10.5 Å². The van der Waals surface area contributed by atoms with E-state index in [9.17, 15) is 0 Å². The minimum Gasteiger partial charge on any atom is -0.437 e. The summed E-state index contributed by atoms with van der Waals surface area (Å²) in [6.45, 7) is 3.79. The van der Waals surface area contributed by atoms with Crippen molar-refractivity contribution in [2.45, 2.75) is 13.8 Å². The number of benzene rings is 1. The number of pyridine rings is 1. The van der Waals surface area contributed by atoms with Gasteiger partial charge in [0.15, 0.2) is 0 Å². The number of aromatic nitrogens is 1. The summed E-state index contributed by atoms with van der Waals surface area (Å²) in [5.74, 6) is 0.702. The van der Waals surface area contributed by atoms with E-state index in [0.717, 1.165) is 11.3 Å². The number of aryl methyl sites for hydroxylation is 2. The van der Waals surface area contributed by atoms with E-state index >= 15 is 0 Å². The lowest BCUT2D eigenvalue weighted by Gasteiger charge is -2.11. The summed E-state index contributed by atoms with van der Waals surface area (Å²) < 4.78 is 5.70. The quantitative estimate of drug-likeness (QED) is 0.666. The van der Waals surface area contributed by atoms with E-state index in [4.69, 9.17) is 27.5 Å². The van der Waals surface area contributed by atoms with Crippen molar-refractivity contribution in [3.8, 4) is 11.6 Å². The predicted octanol–water partition coefficient (Wildman–Crippen LogP) is 3.43. The lowest BCUT2D eigenvalue weighted by molar-refractivity contribution is 0.460. The van der Waals surface area contributed by atoms with Crippen molar-refractivity contribution in [1.82, 2.24) is 4.98 Å². The molecule has 4 nitrogen and oxygen atoms in total. The molecule has 0 bridgehead atoms. The fraction of sp³-hybridized carbons (Fsp3) is 0.143. The lowest BCUT2D eigenvalue weighted by atomic mass is 10.2. The van der Waals surface area contributed by atoms with E-state index in [0.29, 0.717) is 22.2 Å². The third-order valence-electron chi connectivity index (χ3n) is 2.58. The molecule has 0 saturated heterocycles.